The van der Waals surface area contributed by atoms with Crippen molar-refractivity contribution in [2.24, 2.45) is 0 Å². The van der Waals surface area contributed by atoms with Crippen molar-refractivity contribution in [2.45, 2.75) is 38.5 Å². The Balaban J connectivity index is 1.96. The molecular weight excluding hydrogens is 255 g/mol. The summed E-state index contributed by atoms with van der Waals surface area (Å²) in [7, 11) is 0. The van der Waals surface area contributed by atoms with Crippen LogP contribution < -0.4 is 5.32 Å². The molecule has 106 valence electrons. The van der Waals surface area contributed by atoms with Crippen molar-refractivity contribution in [3.05, 3.63) is 23.9 Å². The van der Waals surface area contributed by atoms with Crippen molar-refractivity contribution in [1.82, 2.24) is 9.88 Å². The Morgan fingerprint density at radius 2 is 2.11 bits per heavy atom. The molecule has 2 rings (SSSR count). The second-order valence-electron chi connectivity index (χ2n) is 4.83. The predicted molar refractivity (Wildman–Crippen MR) is 67.9 cm³/mol. The van der Waals surface area contributed by atoms with Gasteiger partial charge in [-0.1, -0.05) is 6.07 Å². The number of pyridine rings is 1. The molecule has 6 heteroatoms. The Hall–Kier alpha value is -1.30. The SMILES string of the molecule is CCNc1ccc(CN(CC(F)(F)F)C2CC2)cn1. The van der Waals surface area contributed by atoms with E-state index in [1.807, 2.05) is 13.0 Å². The molecular formula is C13H18F3N3. The lowest BCUT2D eigenvalue weighted by Crippen LogP contribution is -2.35. The predicted octanol–water partition coefficient (Wildman–Crippen LogP) is 3.04. The largest absolute Gasteiger partial charge is 0.401 e. The van der Waals surface area contributed by atoms with E-state index in [1.165, 1.54) is 4.90 Å². The van der Waals surface area contributed by atoms with Gasteiger partial charge in [-0.2, -0.15) is 13.2 Å². The summed E-state index contributed by atoms with van der Waals surface area (Å²) in [5.41, 5.74) is 0.817. The molecule has 3 nitrogen and oxygen atoms in total. The van der Waals surface area contributed by atoms with E-state index in [-0.39, 0.29) is 6.04 Å². The smallest absolute Gasteiger partial charge is 0.370 e. The Morgan fingerprint density at radius 1 is 1.37 bits per heavy atom. The van der Waals surface area contributed by atoms with Crippen LogP contribution in [0.4, 0.5) is 19.0 Å². The summed E-state index contributed by atoms with van der Waals surface area (Å²) in [5, 5.41) is 3.06. The number of anilines is 1. The molecule has 0 bridgehead atoms. The minimum Gasteiger partial charge on any atom is -0.370 e. The van der Waals surface area contributed by atoms with Gasteiger partial charge in [0.2, 0.25) is 0 Å². The van der Waals surface area contributed by atoms with Gasteiger partial charge in [-0.25, -0.2) is 4.98 Å². The zero-order valence-corrected chi connectivity index (χ0v) is 10.9. The van der Waals surface area contributed by atoms with Crippen LogP contribution in [-0.4, -0.2) is 35.2 Å². The maximum Gasteiger partial charge on any atom is 0.401 e. The zero-order chi connectivity index (χ0) is 13.9. The molecule has 1 aliphatic rings. The third kappa shape index (κ3) is 4.70. The van der Waals surface area contributed by atoms with Crippen LogP contribution in [0.2, 0.25) is 0 Å². The van der Waals surface area contributed by atoms with Crippen LogP contribution in [0, 0.1) is 0 Å². The molecule has 1 aromatic rings. The van der Waals surface area contributed by atoms with Crippen LogP contribution in [0.15, 0.2) is 18.3 Å². The molecule has 0 saturated heterocycles. The maximum absolute atomic E-state index is 12.5. The minimum atomic E-state index is -4.14. The lowest BCUT2D eigenvalue weighted by atomic mass is 10.2. The summed E-state index contributed by atoms with van der Waals surface area (Å²) >= 11 is 0. The van der Waals surface area contributed by atoms with Gasteiger partial charge in [0, 0.05) is 25.3 Å². The van der Waals surface area contributed by atoms with E-state index < -0.39 is 12.7 Å². The average Bonchev–Trinajstić information content (AvgIpc) is 3.13. The number of rotatable bonds is 6. The van der Waals surface area contributed by atoms with E-state index in [0.29, 0.717) is 6.54 Å². The van der Waals surface area contributed by atoms with Gasteiger partial charge in [0.25, 0.3) is 0 Å². The van der Waals surface area contributed by atoms with E-state index in [2.05, 4.69) is 10.3 Å². The van der Waals surface area contributed by atoms with Gasteiger partial charge < -0.3 is 5.32 Å². The van der Waals surface area contributed by atoms with E-state index in [9.17, 15) is 13.2 Å². The first kappa shape index (κ1) is 14.1. The highest BCUT2D eigenvalue weighted by Gasteiger charge is 2.37. The van der Waals surface area contributed by atoms with Crippen molar-refractivity contribution in [3.8, 4) is 0 Å². The molecule has 1 heterocycles. The van der Waals surface area contributed by atoms with Crippen LogP contribution in [0.1, 0.15) is 25.3 Å². The van der Waals surface area contributed by atoms with E-state index >= 15 is 0 Å². The van der Waals surface area contributed by atoms with Crippen molar-refractivity contribution >= 4 is 5.82 Å². The van der Waals surface area contributed by atoms with Crippen molar-refractivity contribution in [3.63, 3.8) is 0 Å². The third-order valence-electron chi connectivity index (χ3n) is 3.01. The summed E-state index contributed by atoms with van der Waals surface area (Å²) in [4.78, 5) is 5.67. The summed E-state index contributed by atoms with van der Waals surface area (Å²) in [6, 6.07) is 3.71. The Labute approximate surface area is 110 Å². The number of hydrogen-bond acceptors (Lipinski definition) is 3. The van der Waals surface area contributed by atoms with Crippen molar-refractivity contribution in [1.29, 1.82) is 0 Å². The topological polar surface area (TPSA) is 28.2 Å². The van der Waals surface area contributed by atoms with Gasteiger partial charge in [-0.15, -0.1) is 0 Å². The zero-order valence-electron chi connectivity index (χ0n) is 10.9. The first-order chi connectivity index (χ1) is 8.98. The monoisotopic (exact) mass is 273 g/mol. The van der Waals surface area contributed by atoms with Gasteiger partial charge >= 0.3 is 6.18 Å². The lowest BCUT2D eigenvalue weighted by Gasteiger charge is -2.23. The second-order valence-corrected chi connectivity index (χ2v) is 4.83. The molecule has 1 aromatic heterocycles. The van der Waals surface area contributed by atoms with E-state index in [0.717, 1.165) is 30.8 Å². The summed E-state index contributed by atoms with van der Waals surface area (Å²) in [6.45, 7) is 2.21. The molecule has 1 fully saturated rings. The molecule has 1 N–H and O–H groups in total. The van der Waals surface area contributed by atoms with Gasteiger partial charge in [-0.05, 0) is 31.4 Å². The number of hydrogen-bond donors (Lipinski definition) is 1. The van der Waals surface area contributed by atoms with Crippen LogP contribution in [0.3, 0.4) is 0 Å². The quantitative estimate of drug-likeness (QED) is 0.863. The first-order valence-corrected chi connectivity index (χ1v) is 6.47. The molecule has 0 atom stereocenters. The molecule has 1 saturated carbocycles. The number of alkyl halides is 3. The molecule has 0 aliphatic heterocycles. The Morgan fingerprint density at radius 3 is 2.58 bits per heavy atom. The summed E-state index contributed by atoms with van der Waals surface area (Å²) < 4.78 is 37.5. The molecule has 0 spiro atoms. The van der Waals surface area contributed by atoms with Gasteiger partial charge in [0.15, 0.2) is 0 Å². The number of halogens is 3. The lowest BCUT2D eigenvalue weighted by molar-refractivity contribution is -0.148. The average molecular weight is 273 g/mol. The minimum absolute atomic E-state index is 0.0788. The molecule has 19 heavy (non-hydrogen) atoms. The third-order valence-corrected chi connectivity index (χ3v) is 3.01. The standard InChI is InChI=1S/C13H18F3N3/c1-2-17-12-6-3-10(7-18-12)8-19(11-4-5-11)9-13(14,15)16/h3,6-7,11H,2,4-5,8-9H2,1H3,(H,17,18). The highest BCUT2D eigenvalue weighted by atomic mass is 19.4. The fourth-order valence-electron chi connectivity index (χ4n) is 2.02. The van der Waals surface area contributed by atoms with Crippen LogP contribution >= 0.6 is 0 Å². The number of nitrogens with zero attached hydrogens (tertiary/aromatic N) is 2. The van der Waals surface area contributed by atoms with E-state index in [1.54, 1.807) is 12.3 Å². The molecule has 0 unspecified atom stereocenters. The molecule has 0 aromatic carbocycles. The van der Waals surface area contributed by atoms with Gasteiger partial charge in [0.05, 0.1) is 6.54 Å². The van der Waals surface area contributed by atoms with Crippen molar-refractivity contribution < 1.29 is 13.2 Å². The number of aromatic nitrogens is 1. The van der Waals surface area contributed by atoms with Gasteiger partial charge in [-0.3, -0.25) is 4.90 Å². The van der Waals surface area contributed by atoms with E-state index in [4.69, 9.17) is 0 Å². The Kier molecular flexibility index (Phi) is 4.29. The fourth-order valence-corrected chi connectivity index (χ4v) is 2.02. The Bertz CT molecular complexity index is 399. The second kappa shape index (κ2) is 5.77. The highest BCUT2D eigenvalue weighted by Crippen LogP contribution is 2.31. The summed E-state index contributed by atoms with van der Waals surface area (Å²) in [6.07, 6.45) is -0.776. The van der Waals surface area contributed by atoms with Crippen molar-refractivity contribution in [2.75, 3.05) is 18.4 Å². The van der Waals surface area contributed by atoms with Gasteiger partial charge in [0.1, 0.15) is 5.82 Å². The fraction of sp³-hybridized carbons (Fsp3) is 0.615. The molecule has 0 amide bonds. The maximum atomic E-state index is 12.5. The van der Waals surface area contributed by atoms with Crippen LogP contribution in [0.5, 0.6) is 0 Å². The van der Waals surface area contributed by atoms with Crippen LogP contribution in [-0.2, 0) is 6.54 Å². The molecule has 0 radical (unpaired) electrons. The normalized spacial score (nSPS) is 15.8. The van der Waals surface area contributed by atoms with Crippen LogP contribution in [0.25, 0.3) is 0 Å². The highest BCUT2D eigenvalue weighted by molar-refractivity contribution is 5.35. The number of nitrogens with one attached hydrogen (secondary N) is 1. The first-order valence-electron chi connectivity index (χ1n) is 6.47. The molecule has 1 aliphatic carbocycles. The summed E-state index contributed by atoms with van der Waals surface area (Å²) in [5.74, 6) is 0.750.